The highest BCUT2D eigenvalue weighted by molar-refractivity contribution is 7.89. The van der Waals surface area contributed by atoms with Crippen LogP contribution in [-0.2, 0) is 25.6 Å². The first kappa shape index (κ1) is 22.3. The molecule has 2 N–H and O–H groups in total. The molecule has 0 saturated heterocycles. The first-order valence-corrected chi connectivity index (χ1v) is 12.0. The summed E-state index contributed by atoms with van der Waals surface area (Å²) < 4.78 is 39.6. The van der Waals surface area contributed by atoms with Gasteiger partial charge < -0.3 is 5.32 Å². The fraction of sp³-hybridized carbons (Fsp3) is 0.350. The fourth-order valence-electron chi connectivity index (χ4n) is 2.63. The quantitative estimate of drug-likeness (QED) is 0.684. The van der Waals surface area contributed by atoms with Crippen molar-refractivity contribution in [3.8, 4) is 0 Å². The van der Waals surface area contributed by atoms with E-state index in [9.17, 15) is 17.4 Å². The molecule has 2 unspecified atom stereocenters. The van der Waals surface area contributed by atoms with Gasteiger partial charge in [-0.25, -0.2) is 8.42 Å². The highest BCUT2D eigenvalue weighted by Crippen LogP contribution is 2.17. The van der Waals surface area contributed by atoms with Crippen LogP contribution in [0, 0.1) is 12.8 Å². The van der Waals surface area contributed by atoms with E-state index in [1.54, 1.807) is 42.7 Å². The molecule has 152 valence electrons. The molecule has 2 atom stereocenters. The summed E-state index contributed by atoms with van der Waals surface area (Å²) in [4.78, 5) is 13.5. The Balaban J connectivity index is 2.22. The molecule has 0 fully saturated rings. The number of amides is 1. The van der Waals surface area contributed by atoms with Crippen LogP contribution in [0.25, 0.3) is 0 Å². The maximum absolute atomic E-state index is 12.8. The molecule has 0 heterocycles. The lowest BCUT2D eigenvalue weighted by Gasteiger charge is -2.20. The molecule has 0 aliphatic rings. The SMILES string of the molecule is Cc1ccc(S(=O)(=O)NC(CC(C)C)C(=O)Nc2cccc(S(C)=O)c2)cc1. The standard InChI is InChI=1S/C20H26N2O4S2/c1-14(2)12-19(22-28(25,26)18-10-8-15(3)9-11-18)20(23)21-16-6-5-7-17(13-16)27(4)24/h5-11,13-14,19,22H,12H2,1-4H3,(H,21,23). The minimum atomic E-state index is -3.84. The molecule has 0 saturated carbocycles. The van der Waals surface area contributed by atoms with Crippen molar-refractivity contribution in [2.45, 2.75) is 43.0 Å². The van der Waals surface area contributed by atoms with Crippen LogP contribution in [0.4, 0.5) is 5.69 Å². The van der Waals surface area contributed by atoms with E-state index in [1.807, 2.05) is 20.8 Å². The third kappa shape index (κ3) is 6.25. The van der Waals surface area contributed by atoms with Crippen molar-refractivity contribution >= 4 is 32.4 Å². The monoisotopic (exact) mass is 422 g/mol. The molecule has 0 aliphatic carbocycles. The Morgan fingerprint density at radius 1 is 1.11 bits per heavy atom. The van der Waals surface area contributed by atoms with Crippen molar-refractivity contribution in [1.82, 2.24) is 4.72 Å². The lowest BCUT2D eigenvalue weighted by Crippen LogP contribution is -2.44. The molecule has 1 amide bonds. The van der Waals surface area contributed by atoms with Crippen molar-refractivity contribution < 1.29 is 17.4 Å². The number of carbonyl (C=O) groups excluding carboxylic acids is 1. The summed E-state index contributed by atoms with van der Waals surface area (Å²) in [5.41, 5.74) is 1.42. The van der Waals surface area contributed by atoms with Crippen LogP contribution in [0.15, 0.2) is 58.3 Å². The Hall–Kier alpha value is -2.03. The maximum atomic E-state index is 12.8. The van der Waals surface area contributed by atoms with Crippen molar-refractivity contribution in [3.05, 3.63) is 54.1 Å². The van der Waals surface area contributed by atoms with E-state index in [2.05, 4.69) is 10.0 Å². The summed E-state index contributed by atoms with van der Waals surface area (Å²) in [5.74, 6) is -0.352. The van der Waals surface area contributed by atoms with Crippen LogP contribution in [0.1, 0.15) is 25.8 Å². The van der Waals surface area contributed by atoms with E-state index >= 15 is 0 Å². The molecule has 2 aromatic carbocycles. The predicted molar refractivity (Wildman–Crippen MR) is 112 cm³/mol. The number of hydrogen-bond donors (Lipinski definition) is 2. The average Bonchev–Trinajstić information content (AvgIpc) is 2.61. The van der Waals surface area contributed by atoms with Crippen molar-refractivity contribution in [3.63, 3.8) is 0 Å². The van der Waals surface area contributed by atoms with E-state index in [-0.39, 0.29) is 10.8 Å². The van der Waals surface area contributed by atoms with Gasteiger partial charge >= 0.3 is 0 Å². The molecule has 0 aromatic heterocycles. The van der Waals surface area contributed by atoms with Crippen LogP contribution < -0.4 is 10.0 Å². The van der Waals surface area contributed by atoms with E-state index in [4.69, 9.17) is 0 Å². The van der Waals surface area contributed by atoms with Crippen LogP contribution >= 0.6 is 0 Å². The number of nitrogens with one attached hydrogen (secondary N) is 2. The van der Waals surface area contributed by atoms with Gasteiger partial charge in [0.05, 0.1) is 4.90 Å². The first-order chi connectivity index (χ1) is 13.1. The zero-order valence-corrected chi connectivity index (χ0v) is 18.1. The number of carbonyl (C=O) groups is 1. The summed E-state index contributed by atoms with van der Waals surface area (Å²) in [6.45, 7) is 5.71. The molecule has 0 bridgehead atoms. The second-order valence-corrected chi connectivity index (χ2v) is 10.2. The van der Waals surface area contributed by atoms with Gasteiger partial charge in [-0.2, -0.15) is 4.72 Å². The molecule has 28 heavy (non-hydrogen) atoms. The van der Waals surface area contributed by atoms with Crippen molar-refractivity contribution in [1.29, 1.82) is 0 Å². The van der Waals surface area contributed by atoms with E-state index in [0.29, 0.717) is 17.0 Å². The fourth-order valence-corrected chi connectivity index (χ4v) is 4.41. The number of anilines is 1. The molecule has 0 aliphatic heterocycles. The van der Waals surface area contributed by atoms with Crippen molar-refractivity contribution in [2.24, 2.45) is 5.92 Å². The van der Waals surface area contributed by atoms with Gasteiger partial charge in [0.1, 0.15) is 6.04 Å². The lowest BCUT2D eigenvalue weighted by atomic mass is 10.0. The van der Waals surface area contributed by atoms with Gasteiger partial charge in [-0.1, -0.05) is 37.6 Å². The second kappa shape index (κ2) is 9.45. The topological polar surface area (TPSA) is 92.3 Å². The summed E-state index contributed by atoms with van der Waals surface area (Å²) >= 11 is 0. The van der Waals surface area contributed by atoms with Gasteiger partial charge in [-0.3, -0.25) is 9.00 Å². The summed E-state index contributed by atoms with van der Waals surface area (Å²) in [7, 11) is -5.02. The van der Waals surface area contributed by atoms with Gasteiger partial charge in [-0.15, -0.1) is 0 Å². The third-order valence-electron chi connectivity index (χ3n) is 4.09. The average molecular weight is 423 g/mol. The normalized spacial score (nSPS) is 13.9. The molecule has 0 spiro atoms. The Bertz CT molecular complexity index is 954. The van der Waals surface area contributed by atoms with Gasteiger partial charge in [0.25, 0.3) is 0 Å². The number of hydrogen-bond acceptors (Lipinski definition) is 4. The highest BCUT2D eigenvalue weighted by Gasteiger charge is 2.26. The van der Waals surface area contributed by atoms with Crippen LogP contribution in [0.2, 0.25) is 0 Å². The zero-order chi connectivity index (χ0) is 20.9. The predicted octanol–water partition coefficient (Wildman–Crippen LogP) is 3.06. The third-order valence-corrected chi connectivity index (χ3v) is 6.49. The lowest BCUT2D eigenvalue weighted by molar-refractivity contribution is -0.118. The number of rotatable bonds is 8. The minimum Gasteiger partial charge on any atom is -0.325 e. The first-order valence-electron chi connectivity index (χ1n) is 8.92. The maximum Gasteiger partial charge on any atom is 0.242 e. The Kier molecular flexibility index (Phi) is 7.51. The van der Waals surface area contributed by atoms with Gasteiger partial charge in [0, 0.05) is 27.6 Å². The zero-order valence-electron chi connectivity index (χ0n) is 16.4. The Labute approximate surface area is 169 Å². The van der Waals surface area contributed by atoms with E-state index in [1.165, 1.54) is 12.1 Å². The molecule has 6 nitrogen and oxygen atoms in total. The second-order valence-electron chi connectivity index (χ2n) is 7.09. The van der Waals surface area contributed by atoms with E-state index < -0.39 is 32.8 Å². The van der Waals surface area contributed by atoms with Crippen LogP contribution in [-0.4, -0.2) is 30.8 Å². The molecule has 8 heteroatoms. The minimum absolute atomic E-state index is 0.103. The largest absolute Gasteiger partial charge is 0.325 e. The highest BCUT2D eigenvalue weighted by atomic mass is 32.2. The molecule has 0 radical (unpaired) electrons. The molecular weight excluding hydrogens is 396 g/mol. The van der Waals surface area contributed by atoms with Crippen LogP contribution in [0.5, 0.6) is 0 Å². The van der Waals surface area contributed by atoms with E-state index in [0.717, 1.165) is 5.56 Å². The van der Waals surface area contributed by atoms with Gasteiger partial charge in [-0.05, 0) is 49.6 Å². The smallest absolute Gasteiger partial charge is 0.242 e. The van der Waals surface area contributed by atoms with Crippen LogP contribution in [0.3, 0.4) is 0 Å². The number of benzene rings is 2. The Morgan fingerprint density at radius 2 is 1.75 bits per heavy atom. The van der Waals surface area contributed by atoms with Gasteiger partial charge in [0.15, 0.2) is 0 Å². The number of sulfonamides is 1. The van der Waals surface area contributed by atoms with Crippen molar-refractivity contribution in [2.75, 3.05) is 11.6 Å². The summed E-state index contributed by atoms with van der Waals surface area (Å²) in [6, 6.07) is 12.2. The molecular formula is C20H26N2O4S2. The summed E-state index contributed by atoms with van der Waals surface area (Å²) in [6.07, 6.45) is 1.90. The molecule has 2 rings (SSSR count). The van der Waals surface area contributed by atoms with Gasteiger partial charge in [0.2, 0.25) is 15.9 Å². The summed E-state index contributed by atoms with van der Waals surface area (Å²) in [5, 5.41) is 2.73. The number of aryl methyl sites for hydroxylation is 1. The molecule has 2 aromatic rings. The Morgan fingerprint density at radius 3 is 2.32 bits per heavy atom.